The van der Waals surface area contributed by atoms with Gasteiger partial charge in [-0.05, 0) is 36.8 Å². The third-order valence-corrected chi connectivity index (χ3v) is 5.35. The van der Waals surface area contributed by atoms with E-state index < -0.39 is 29.5 Å². The maximum Gasteiger partial charge on any atom is 0.254 e. The molecule has 1 atom stereocenters. The number of hydrogen-bond donors (Lipinski definition) is 0. The molecule has 0 spiro atoms. The van der Waals surface area contributed by atoms with Gasteiger partial charge in [-0.15, -0.1) is 0 Å². The number of halogens is 3. The molecule has 3 aromatic carbocycles. The number of oxime groups is 1. The van der Waals surface area contributed by atoms with Crippen LogP contribution in [0.1, 0.15) is 33.5 Å². The minimum Gasteiger partial charge on any atom is -0.390 e. The number of carbonyl (C=O) groups is 1. The summed E-state index contributed by atoms with van der Waals surface area (Å²) in [6, 6.07) is 16.3. The second-order valence-corrected chi connectivity index (χ2v) is 7.72. The van der Waals surface area contributed by atoms with Gasteiger partial charge in [0.1, 0.15) is 17.5 Å². The molecule has 0 radical (unpaired) electrons. The van der Waals surface area contributed by atoms with Gasteiger partial charge in [0.05, 0.1) is 12.3 Å². The number of carbonyl (C=O) groups excluding carboxylic acids is 1. The number of hydrogen-bond acceptors (Lipinski definition) is 3. The second kappa shape index (κ2) is 9.26. The monoisotopic (exact) mass is 438 g/mol. The van der Waals surface area contributed by atoms with Crippen molar-refractivity contribution >= 4 is 11.6 Å². The van der Waals surface area contributed by atoms with Crippen LogP contribution in [0.3, 0.4) is 0 Å². The van der Waals surface area contributed by atoms with Gasteiger partial charge in [0, 0.05) is 35.7 Å². The quantitative estimate of drug-likeness (QED) is 0.528. The van der Waals surface area contributed by atoms with Crippen molar-refractivity contribution in [3.63, 3.8) is 0 Å². The van der Waals surface area contributed by atoms with Crippen molar-refractivity contribution in [1.29, 1.82) is 0 Å². The molecule has 7 heteroatoms. The number of nitrogens with zero attached hydrogens (tertiary/aromatic N) is 2. The average Bonchev–Trinajstić information content (AvgIpc) is 3.23. The molecule has 1 amide bonds. The molecule has 1 heterocycles. The molecule has 1 aliphatic heterocycles. The second-order valence-electron chi connectivity index (χ2n) is 7.72. The Morgan fingerprint density at radius 2 is 1.81 bits per heavy atom. The van der Waals surface area contributed by atoms with Crippen LogP contribution in [0.25, 0.3) is 0 Å². The summed E-state index contributed by atoms with van der Waals surface area (Å²) in [5.74, 6) is -2.50. The predicted molar refractivity (Wildman–Crippen MR) is 115 cm³/mol. The van der Waals surface area contributed by atoms with Gasteiger partial charge in [0.15, 0.2) is 6.10 Å². The lowest BCUT2D eigenvalue weighted by molar-refractivity contribution is 0.0402. The molecule has 4 rings (SSSR count). The lowest BCUT2D eigenvalue weighted by atomic mass is 10.00. The van der Waals surface area contributed by atoms with Crippen LogP contribution in [0.4, 0.5) is 13.2 Å². The Hall–Kier alpha value is -3.61. The molecule has 0 aromatic heterocycles. The zero-order chi connectivity index (χ0) is 22.7. The molecular weight excluding hydrogens is 417 g/mol. The molecule has 0 unspecified atom stereocenters. The van der Waals surface area contributed by atoms with Crippen LogP contribution in [0.15, 0.2) is 71.9 Å². The van der Waals surface area contributed by atoms with Gasteiger partial charge < -0.3 is 9.74 Å². The van der Waals surface area contributed by atoms with Gasteiger partial charge >= 0.3 is 0 Å². The molecule has 32 heavy (non-hydrogen) atoms. The van der Waals surface area contributed by atoms with Crippen molar-refractivity contribution in [1.82, 2.24) is 4.90 Å². The summed E-state index contributed by atoms with van der Waals surface area (Å²) in [6.45, 7) is 1.95. The highest BCUT2D eigenvalue weighted by atomic mass is 19.1. The Morgan fingerprint density at radius 3 is 2.56 bits per heavy atom. The first-order valence-corrected chi connectivity index (χ1v) is 10.2. The minimum absolute atomic E-state index is 0.102. The van der Waals surface area contributed by atoms with Crippen LogP contribution in [0.5, 0.6) is 0 Å². The number of aryl methyl sites for hydroxylation is 1. The van der Waals surface area contributed by atoms with E-state index in [1.165, 1.54) is 29.2 Å². The largest absolute Gasteiger partial charge is 0.390 e. The smallest absolute Gasteiger partial charge is 0.254 e. The molecule has 3 aromatic rings. The van der Waals surface area contributed by atoms with E-state index in [0.29, 0.717) is 6.42 Å². The van der Waals surface area contributed by atoms with E-state index in [1.807, 2.05) is 31.2 Å². The first kappa shape index (κ1) is 21.6. The van der Waals surface area contributed by atoms with Crippen LogP contribution in [0, 0.1) is 24.4 Å². The van der Waals surface area contributed by atoms with Gasteiger partial charge in [-0.25, -0.2) is 13.2 Å². The summed E-state index contributed by atoms with van der Waals surface area (Å²) in [4.78, 5) is 20.1. The van der Waals surface area contributed by atoms with Crippen molar-refractivity contribution in [3.8, 4) is 0 Å². The molecule has 0 saturated heterocycles. The normalized spacial score (nSPS) is 15.2. The Kier molecular flexibility index (Phi) is 6.25. The molecule has 4 nitrogen and oxygen atoms in total. The lowest BCUT2D eigenvalue weighted by Crippen LogP contribution is -2.37. The van der Waals surface area contributed by atoms with Gasteiger partial charge in [-0.3, -0.25) is 4.79 Å². The first-order valence-electron chi connectivity index (χ1n) is 10.2. The van der Waals surface area contributed by atoms with Crippen LogP contribution < -0.4 is 0 Å². The number of rotatable bonds is 6. The SMILES string of the molecule is Cc1ccccc1C1=NO[C@@H](CN(Cc2ccc(F)cc2F)C(=O)c2cccc(F)c2)C1. The van der Waals surface area contributed by atoms with Crippen LogP contribution in [-0.2, 0) is 11.4 Å². The van der Waals surface area contributed by atoms with Crippen molar-refractivity contribution < 1.29 is 22.8 Å². The third kappa shape index (κ3) is 4.82. The maximum absolute atomic E-state index is 14.3. The highest BCUT2D eigenvalue weighted by Gasteiger charge is 2.28. The predicted octanol–water partition coefficient (Wildman–Crippen LogP) is 5.25. The van der Waals surface area contributed by atoms with Crippen molar-refractivity contribution in [2.24, 2.45) is 5.16 Å². The lowest BCUT2D eigenvalue weighted by Gasteiger charge is -2.25. The Morgan fingerprint density at radius 1 is 1.03 bits per heavy atom. The molecule has 0 bridgehead atoms. The molecule has 164 valence electrons. The van der Waals surface area contributed by atoms with Gasteiger partial charge in [0.25, 0.3) is 5.91 Å². The van der Waals surface area contributed by atoms with Crippen LogP contribution in [0.2, 0.25) is 0 Å². The topological polar surface area (TPSA) is 41.9 Å². The molecular formula is C25H21F3N2O2. The maximum atomic E-state index is 14.3. The van der Waals surface area contributed by atoms with Gasteiger partial charge in [0.2, 0.25) is 0 Å². The van der Waals surface area contributed by atoms with Crippen molar-refractivity contribution in [2.45, 2.75) is 26.0 Å². The Balaban J connectivity index is 1.55. The molecule has 0 fully saturated rings. The van der Waals surface area contributed by atoms with Crippen LogP contribution >= 0.6 is 0 Å². The minimum atomic E-state index is -0.758. The molecule has 0 saturated carbocycles. The summed E-state index contributed by atoms with van der Waals surface area (Å²) in [7, 11) is 0. The van der Waals surface area contributed by atoms with Gasteiger partial charge in [-0.1, -0.05) is 41.6 Å². The van der Waals surface area contributed by atoms with E-state index in [0.717, 1.165) is 35.0 Å². The summed E-state index contributed by atoms with van der Waals surface area (Å²) in [6.07, 6.45) is 0.00886. The fraction of sp³-hybridized carbons (Fsp3) is 0.200. The average molecular weight is 438 g/mol. The van der Waals surface area contributed by atoms with E-state index in [2.05, 4.69) is 5.16 Å². The summed E-state index contributed by atoms with van der Waals surface area (Å²) in [5, 5.41) is 4.18. The highest BCUT2D eigenvalue weighted by molar-refractivity contribution is 6.02. The third-order valence-electron chi connectivity index (χ3n) is 5.35. The Bertz CT molecular complexity index is 1180. The standard InChI is InChI=1S/C25H21F3N2O2/c1-16-5-2-3-8-22(16)24-13-21(32-29-24)15-30(14-18-9-10-20(27)12-23(18)28)25(31)17-6-4-7-19(26)11-17/h2-12,21H,13-15H2,1H3/t21-/m1/s1. The van der Waals surface area contributed by atoms with E-state index in [9.17, 15) is 18.0 Å². The van der Waals surface area contributed by atoms with Crippen molar-refractivity contribution in [2.75, 3.05) is 6.54 Å². The molecule has 0 N–H and O–H groups in total. The summed E-state index contributed by atoms with van der Waals surface area (Å²) < 4.78 is 41.3. The summed E-state index contributed by atoms with van der Waals surface area (Å²) in [5.41, 5.74) is 3.05. The molecule has 1 aliphatic rings. The van der Waals surface area contributed by atoms with E-state index in [-0.39, 0.29) is 24.2 Å². The highest BCUT2D eigenvalue weighted by Crippen LogP contribution is 2.22. The van der Waals surface area contributed by atoms with Crippen LogP contribution in [-0.4, -0.2) is 29.2 Å². The number of amides is 1. The fourth-order valence-electron chi connectivity index (χ4n) is 3.71. The van der Waals surface area contributed by atoms with E-state index >= 15 is 0 Å². The van der Waals surface area contributed by atoms with Gasteiger partial charge in [-0.2, -0.15) is 0 Å². The summed E-state index contributed by atoms with van der Waals surface area (Å²) >= 11 is 0. The Labute approximate surface area is 183 Å². The number of benzene rings is 3. The zero-order valence-electron chi connectivity index (χ0n) is 17.4. The fourth-order valence-corrected chi connectivity index (χ4v) is 3.71. The van der Waals surface area contributed by atoms with Crippen molar-refractivity contribution in [3.05, 3.63) is 106 Å². The van der Waals surface area contributed by atoms with E-state index in [4.69, 9.17) is 4.84 Å². The first-order chi connectivity index (χ1) is 15.4. The molecule has 0 aliphatic carbocycles. The zero-order valence-corrected chi connectivity index (χ0v) is 17.4. The van der Waals surface area contributed by atoms with E-state index in [1.54, 1.807) is 0 Å².